The minimum atomic E-state index is -0.323. The summed E-state index contributed by atoms with van der Waals surface area (Å²) in [6.07, 6.45) is 0.481. The fourth-order valence-corrected chi connectivity index (χ4v) is 1.24. The topological polar surface area (TPSA) is 46.6 Å². The van der Waals surface area contributed by atoms with E-state index in [1.807, 2.05) is 6.92 Å². The van der Waals surface area contributed by atoms with Crippen LogP contribution in [0.3, 0.4) is 0 Å². The average molecular weight is 171 g/mol. The Morgan fingerprint density at radius 1 is 1.67 bits per heavy atom. The first-order valence-corrected chi connectivity index (χ1v) is 4.06. The van der Waals surface area contributed by atoms with Crippen LogP contribution in [0.4, 0.5) is 0 Å². The molecule has 68 valence electrons. The lowest BCUT2D eigenvalue weighted by Crippen LogP contribution is -2.40. The van der Waals surface area contributed by atoms with Crippen molar-refractivity contribution in [3.8, 4) is 0 Å². The largest absolute Gasteiger partial charge is 0.368 e. The van der Waals surface area contributed by atoms with E-state index < -0.39 is 0 Å². The van der Waals surface area contributed by atoms with E-state index in [0.29, 0.717) is 19.5 Å². The van der Waals surface area contributed by atoms with E-state index in [1.54, 1.807) is 5.06 Å². The van der Waals surface area contributed by atoms with Crippen LogP contribution >= 0.6 is 0 Å². The van der Waals surface area contributed by atoms with Crippen LogP contribution in [-0.4, -0.2) is 29.9 Å². The van der Waals surface area contributed by atoms with Gasteiger partial charge in [0.15, 0.2) is 0 Å². The van der Waals surface area contributed by atoms with E-state index in [4.69, 9.17) is 4.84 Å². The molecule has 1 aliphatic rings. The third-order valence-corrected chi connectivity index (χ3v) is 1.89. The maximum absolute atomic E-state index is 11.1. The molecule has 1 fully saturated rings. The van der Waals surface area contributed by atoms with E-state index in [0.717, 1.165) is 0 Å². The van der Waals surface area contributed by atoms with Crippen LogP contribution in [0, 0.1) is 5.92 Å². The summed E-state index contributed by atoms with van der Waals surface area (Å²) < 4.78 is 0. The molecule has 1 unspecified atom stereocenters. The Bertz CT molecular complexity index is 202. The maximum Gasteiger partial charge on any atom is 0.322 e. The Balaban J connectivity index is 2.40. The van der Waals surface area contributed by atoms with Crippen molar-refractivity contribution in [3.05, 3.63) is 0 Å². The summed E-state index contributed by atoms with van der Waals surface area (Å²) in [6, 6.07) is 0. The van der Waals surface area contributed by atoms with E-state index >= 15 is 0 Å². The summed E-state index contributed by atoms with van der Waals surface area (Å²) in [4.78, 5) is 26.5. The Kier molecular flexibility index (Phi) is 2.81. The number of carbonyl (C=O) groups excluding carboxylic acids is 2. The summed E-state index contributed by atoms with van der Waals surface area (Å²) in [5.41, 5.74) is 0. The van der Waals surface area contributed by atoms with Gasteiger partial charge >= 0.3 is 5.97 Å². The highest BCUT2D eigenvalue weighted by Crippen LogP contribution is 2.12. The lowest BCUT2D eigenvalue weighted by molar-refractivity contribution is -0.195. The van der Waals surface area contributed by atoms with Crippen molar-refractivity contribution >= 4 is 11.8 Å². The van der Waals surface area contributed by atoms with Gasteiger partial charge in [-0.05, 0) is 0 Å². The number of nitrogens with zero attached hydrogens (tertiary/aromatic N) is 1. The number of hydrogen-bond donors (Lipinski definition) is 0. The zero-order chi connectivity index (χ0) is 9.14. The van der Waals surface area contributed by atoms with Gasteiger partial charge in [0.05, 0.1) is 0 Å². The zero-order valence-electron chi connectivity index (χ0n) is 7.37. The zero-order valence-corrected chi connectivity index (χ0v) is 7.37. The van der Waals surface area contributed by atoms with Crippen LogP contribution < -0.4 is 0 Å². The molecule has 12 heavy (non-hydrogen) atoms. The smallest absolute Gasteiger partial charge is 0.322 e. The van der Waals surface area contributed by atoms with Gasteiger partial charge in [0.2, 0.25) is 0 Å². The van der Waals surface area contributed by atoms with Gasteiger partial charge in [-0.1, -0.05) is 6.92 Å². The molecule has 0 bridgehead atoms. The van der Waals surface area contributed by atoms with Crippen molar-refractivity contribution in [1.82, 2.24) is 5.06 Å². The molecule has 4 heteroatoms. The van der Waals surface area contributed by atoms with Crippen LogP contribution in [0.25, 0.3) is 0 Å². The molecule has 1 heterocycles. The van der Waals surface area contributed by atoms with Crippen LogP contribution in [0.5, 0.6) is 0 Å². The highest BCUT2D eigenvalue weighted by Gasteiger charge is 2.24. The van der Waals surface area contributed by atoms with Crippen molar-refractivity contribution in [1.29, 1.82) is 0 Å². The summed E-state index contributed by atoms with van der Waals surface area (Å²) >= 11 is 0. The Morgan fingerprint density at radius 3 is 2.83 bits per heavy atom. The predicted molar refractivity (Wildman–Crippen MR) is 42.1 cm³/mol. The Morgan fingerprint density at radius 2 is 2.33 bits per heavy atom. The molecule has 0 saturated carbocycles. The number of carbonyl (C=O) groups is 2. The van der Waals surface area contributed by atoms with Crippen LogP contribution in [-0.2, 0) is 14.4 Å². The second kappa shape index (κ2) is 3.67. The van der Waals surface area contributed by atoms with Crippen LogP contribution in [0.1, 0.15) is 20.3 Å². The minimum Gasteiger partial charge on any atom is -0.368 e. The number of hydrogen-bond acceptors (Lipinski definition) is 4. The number of hydroxylamine groups is 2. The summed E-state index contributed by atoms with van der Waals surface area (Å²) in [6.45, 7) is 4.26. The first-order chi connectivity index (χ1) is 5.59. The van der Waals surface area contributed by atoms with Gasteiger partial charge in [0.25, 0.3) is 0 Å². The summed E-state index contributed by atoms with van der Waals surface area (Å²) in [5.74, 6) is -0.0898. The monoisotopic (exact) mass is 171 g/mol. The van der Waals surface area contributed by atoms with Gasteiger partial charge in [0.1, 0.15) is 5.78 Å². The van der Waals surface area contributed by atoms with Crippen molar-refractivity contribution < 1.29 is 14.4 Å². The van der Waals surface area contributed by atoms with E-state index in [2.05, 4.69) is 0 Å². The van der Waals surface area contributed by atoms with E-state index in [1.165, 1.54) is 6.92 Å². The predicted octanol–water partition coefficient (Wildman–Crippen LogP) is 0.375. The van der Waals surface area contributed by atoms with Crippen LogP contribution in [0.15, 0.2) is 0 Å². The second-order valence-electron chi connectivity index (χ2n) is 3.09. The number of piperidine rings is 1. The van der Waals surface area contributed by atoms with Crippen molar-refractivity contribution in [2.75, 3.05) is 13.1 Å². The van der Waals surface area contributed by atoms with Gasteiger partial charge in [-0.25, -0.2) is 0 Å². The molecule has 0 amide bonds. The molecule has 0 aromatic rings. The molecule has 0 aliphatic carbocycles. The SMILES string of the molecule is CC(=O)ON1CCC(=O)C(C)C1. The first kappa shape index (κ1) is 9.19. The van der Waals surface area contributed by atoms with Gasteiger partial charge < -0.3 is 4.84 Å². The molecule has 1 aliphatic heterocycles. The maximum atomic E-state index is 11.1. The van der Waals surface area contributed by atoms with Gasteiger partial charge in [0, 0.05) is 32.4 Å². The van der Waals surface area contributed by atoms with Crippen molar-refractivity contribution in [2.24, 2.45) is 5.92 Å². The Hall–Kier alpha value is -0.900. The summed E-state index contributed by atoms with van der Waals surface area (Å²) in [7, 11) is 0. The van der Waals surface area contributed by atoms with Crippen molar-refractivity contribution in [3.63, 3.8) is 0 Å². The highest BCUT2D eigenvalue weighted by atomic mass is 16.7. The molecule has 0 aromatic heterocycles. The molecule has 1 atom stereocenters. The molecule has 0 radical (unpaired) electrons. The number of Topliss-reactive ketones (excluding diaryl/α,β-unsaturated/α-hetero) is 1. The van der Waals surface area contributed by atoms with Gasteiger partial charge in [-0.2, -0.15) is 0 Å². The van der Waals surface area contributed by atoms with E-state index in [-0.39, 0.29) is 17.7 Å². The molecular formula is C8H13NO3. The third-order valence-electron chi connectivity index (χ3n) is 1.89. The standard InChI is InChI=1S/C8H13NO3/c1-6-5-9(12-7(2)10)4-3-8(6)11/h6H,3-5H2,1-2H3. The molecule has 1 saturated heterocycles. The van der Waals surface area contributed by atoms with Gasteiger partial charge in [-0.15, -0.1) is 5.06 Å². The number of rotatable bonds is 1. The number of ketones is 1. The fraction of sp³-hybridized carbons (Fsp3) is 0.750. The molecule has 1 rings (SSSR count). The summed E-state index contributed by atoms with van der Waals surface area (Å²) in [5, 5.41) is 1.55. The molecule has 4 nitrogen and oxygen atoms in total. The van der Waals surface area contributed by atoms with Crippen LogP contribution in [0.2, 0.25) is 0 Å². The second-order valence-corrected chi connectivity index (χ2v) is 3.09. The minimum absolute atomic E-state index is 0.0156. The third kappa shape index (κ3) is 2.30. The molecule has 0 N–H and O–H groups in total. The molecular weight excluding hydrogens is 158 g/mol. The van der Waals surface area contributed by atoms with Gasteiger partial charge in [-0.3, -0.25) is 9.59 Å². The Labute approximate surface area is 71.4 Å². The average Bonchev–Trinajstić information content (AvgIpc) is 1.96. The molecule has 0 aromatic carbocycles. The van der Waals surface area contributed by atoms with Crippen molar-refractivity contribution in [2.45, 2.75) is 20.3 Å². The lowest BCUT2D eigenvalue weighted by Gasteiger charge is -2.27. The first-order valence-electron chi connectivity index (χ1n) is 4.06. The quantitative estimate of drug-likeness (QED) is 0.572. The van der Waals surface area contributed by atoms with E-state index in [9.17, 15) is 9.59 Å². The molecule has 0 spiro atoms. The lowest BCUT2D eigenvalue weighted by atomic mass is 10.0. The normalized spacial score (nSPS) is 25.5. The highest BCUT2D eigenvalue weighted by molar-refractivity contribution is 5.81. The fourth-order valence-electron chi connectivity index (χ4n) is 1.24.